The van der Waals surface area contributed by atoms with Crippen molar-refractivity contribution in [2.45, 2.75) is 0 Å². The predicted octanol–water partition coefficient (Wildman–Crippen LogP) is 4.75. The number of halogens is 2. The number of likely N-dealkylation sites (N-methyl/N-ethyl adjacent to an activating group) is 2. The fraction of sp³-hybridized carbons (Fsp3) is 0.250. The molecule has 0 aliphatic carbocycles. The molecule has 0 aliphatic heterocycles. The standard InChI is InChI=1S/C24H27ClFN7O/c1-32(2)8-9-33(3)20-11-21(34-4)19(10-17(20)27)30-24-29-13-15(25)23(31-24)14-12-28-18-7-5-6-16(26)22(14)18/h5-7,10-13,28H,8-9,27H2,1-4H3,(H,29,30,31). The number of aromatic amines is 1. The van der Waals surface area contributed by atoms with Gasteiger partial charge < -0.3 is 30.6 Å². The topological polar surface area (TPSA) is 95.3 Å². The van der Waals surface area contributed by atoms with Gasteiger partial charge in [0.05, 0.1) is 41.1 Å². The Bertz CT molecular complexity index is 1320. The lowest BCUT2D eigenvalue weighted by Gasteiger charge is -2.24. The van der Waals surface area contributed by atoms with Crippen LogP contribution in [0.1, 0.15) is 0 Å². The van der Waals surface area contributed by atoms with Crippen LogP contribution in [-0.2, 0) is 0 Å². The van der Waals surface area contributed by atoms with E-state index in [-0.39, 0.29) is 11.8 Å². The number of benzene rings is 2. The van der Waals surface area contributed by atoms with Crippen LogP contribution in [0.25, 0.3) is 22.2 Å². The van der Waals surface area contributed by atoms with Crippen LogP contribution < -0.4 is 20.7 Å². The molecule has 2 aromatic carbocycles. The van der Waals surface area contributed by atoms with E-state index in [2.05, 4.69) is 30.1 Å². The molecule has 0 radical (unpaired) electrons. The van der Waals surface area contributed by atoms with Crippen molar-refractivity contribution >= 4 is 45.5 Å². The highest BCUT2D eigenvalue weighted by molar-refractivity contribution is 6.33. The Labute approximate surface area is 202 Å². The van der Waals surface area contributed by atoms with Crippen molar-refractivity contribution in [3.63, 3.8) is 0 Å². The number of nitrogens with zero attached hydrogens (tertiary/aromatic N) is 4. The van der Waals surface area contributed by atoms with Gasteiger partial charge in [-0.3, -0.25) is 0 Å². The van der Waals surface area contributed by atoms with Gasteiger partial charge in [-0.05, 0) is 32.3 Å². The normalized spacial score (nSPS) is 11.3. The second-order valence-corrected chi connectivity index (χ2v) is 8.62. The number of methoxy groups -OCH3 is 1. The number of anilines is 4. The number of rotatable bonds is 8. The van der Waals surface area contributed by atoms with Gasteiger partial charge in [0, 0.05) is 48.9 Å². The van der Waals surface area contributed by atoms with Crippen molar-refractivity contribution in [3.8, 4) is 17.0 Å². The molecule has 0 saturated carbocycles. The van der Waals surface area contributed by atoms with Gasteiger partial charge >= 0.3 is 0 Å². The molecule has 34 heavy (non-hydrogen) atoms. The molecule has 10 heteroatoms. The molecule has 0 bridgehead atoms. The van der Waals surface area contributed by atoms with Gasteiger partial charge in [-0.1, -0.05) is 17.7 Å². The zero-order chi connectivity index (χ0) is 24.4. The summed E-state index contributed by atoms with van der Waals surface area (Å²) in [6.07, 6.45) is 3.16. The predicted molar refractivity (Wildman–Crippen MR) is 137 cm³/mol. The van der Waals surface area contributed by atoms with Gasteiger partial charge in [-0.2, -0.15) is 0 Å². The van der Waals surface area contributed by atoms with Gasteiger partial charge in [0.1, 0.15) is 11.6 Å². The number of ether oxygens (including phenoxy) is 1. The van der Waals surface area contributed by atoms with E-state index in [0.717, 1.165) is 18.8 Å². The van der Waals surface area contributed by atoms with Crippen LogP contribution in [0, 0.1) is 5.82 Å². The van der Waals surface area contributed by atoms with Crippen molar-refractivity contribution in [1.29, 1.82) is 0 Å². The first kappa shape index (κ1) is 23.6. The number of nitrogens with one attached hydrogen (secondary N) is 2. The molecule has 0 unspecified atom stereocenters. The molecule has 0 saturated heterocycles. The summed E-state index contributed by atoms with van der Waals surface area (Å²) in [5.74, 6) is 0.497. The maximum atomic E-state index is 14.5. The Morgan fingerprint density at radius 2 is 2.00 bits per heavy atom. The van der Waals surface area contributed by atoms with E-state index in [0.29, 0.717) is 44.3 Å². The van der Waals surface area contributed by atoms with E-state index in [1.54, 1.807) is 31.5 Å². The molecule has 2 aromatic heterocycles. The zero-order valence-electron chi connectivity index (χ0n) is 19.5. The number of H-pyrrole nitrogens is 1. The van der Waals surface area contributed by atoms with Gasteiger partial charge in [0.15, 0.2) is 0 Å². The molecular formula is C24H27ClFN7O. The van der Waals surface area contributed by atoms with Crippen molar-refractivity contribution in [2.24, 2.45) is 0 Å². The quantitative estimate of drug-likeness (QED) is 0.311. The SMILES string of the molecule is COc1cc(N(C)CCN(C)C)c(N)cc1Nc1ncc(Cl)c(-c2c[nH]c3cccc(F)c23)n1. The Balaban J connectivity index is 1.67. The van der Waals surface area contributed by atoms with E-state index >= 15 is 0 Å². The number of fused-ring (bicyclic) bond motifs is 1. The Morgan fingerprint density at radius 1 is 1.21 bits per heavy atom. The molecule has 0 fully saturated rings. The van der Waals surface area contributed by atoms with Gasteiger partial charge in [-0.15, -0.1) is 0 Å². The number of nitrogen functional groups attached to an aromatic ring is 1. The minimum Gasteiger partial charge on any atom is -0.494 e. The maximum absolute atomic E-state index is 14.5. The van der Waals surface area contributed by atoms with Crippen molar-refractivity contribution < 1.29 is 9.13 Å². The first-order chi connectivity index (χ1) is 16.3. The number of hydrogen-bond acceptors (Lipinski definition) is 7. The van der Waals surface area contributed by atoms with Crippen molar-refractivity contribution in [3.05, 3.63) is 53.6 Å². The molecule has 4 rings (SSSR count). The van der Waals surface area contributed by atoms with E-state index in [1.807, 2.05) is 27.2 Å². The lowest BCUT2D eigenvalue weighted by atomic mass is 10.1. The lowest BCUT2D eigenvalue weighted by Crippen LogP contribution is -2.29. The third-order valence-corrected chi connectivity index (χ3v) is 5.82. The monoisotopic (exact) mass is 483 g/mol. The third kappa shape index (κ3) is 4.71. The minimum atomic E-state index is -0.360. The fourth-order valence-corrected chi connectivity index (χ4v) is 3.91. The molecule has 0 atom stereocenters. The van der Waals surface area contributed by atoms with Gasteiger partial charge in [0.25, 0.3) is 0 Å². The minimum absolute atomic E-state index is 0.275. The van der Waals surface area contributed by atoms with E-state index < -0.39 is 0 Å². The summed E-state index contributed by atoms with van der Waals surface area (Å²) in [4.78, 5) is 16.1. The summed E-state index contributed by atoms with van der Waals surface area (Å²) in [5, 5.41) is 3.88. The summed E-state index contributed by atoms with van der Waals surface area (Å²) in [6, 6.07) is 8.49. The highest BCUT2D eigenvalue weighted by Gasteiger charge is 2.17. The Morgan fingerprint density at radius 3 is 2.74 bits per heavy atom. The van der Waals surface area contributed by atoms with Crippen molar-refractivity contribution in [1.82, 2.24) is 19.9 Å². The number of hydrogen-bond donors (Lipinski definition) is 3. The summed E-state index contributed by atoms with van der Waals surface area (Å²) < 4.78 is 20.1. The number of nitrogens with two attached hydrogens (primary N) is 1. The third-order valence-electron chi connectivity index (χ3n) is 5.54. The highest BCUT2D eigenvalue weighted by Crippen LogP contribution is 2.38. The molecule has 2 heterocycles. The molecule has 8 nitrogen and oxygen atoms in total. The fourth-order valence-electron chi connectivity index (χ4n) is 3.72. The Kier molecular flexibility index (Phi) is 6.76. The number of aromatic nitrogens is 3. The van der Waals surface area contributed by atoms with Crippen molar-refractivity contribution in [2.75, 3.05) is 57.3 Å². The largest absolute Gasteiger partial charge is 0.494 e. The van der Waals surface area contributed by atoms with Crippen LogP contribution in [0.3, 0.4) is 0 Å². The first-order valence-corrected chi connectivity index (χ1v) is 11.0. The van der Waals surface area contributed by atoms with E-state index in [4.69, 9.17) is 22.1 Å². The van der Waals surface area contributed by atoms with E-state index in [9.17, 15) is 4.39 Å². The van der Waals surface area contributed by atoms with Crippen LogP contribution >= 0.6 is 11.6 Å². The van der Waals surface area contributed by atoms with Crippen LogP contribution in [0.5, 0.6) is 5.75 Å². The van der Waals surface area contributed by atoms with Crippen LogP contribution in [0.2, 0.25) is 5.02 Å². The molecule has 178 valence electrons. The molecule has 0 aliphatic rings. The smallest absolute Gasteiger partial charge is 0.227 e. The molecule has 0 spiro atoms. The molecular weight excluding hydrogens is 457 g/mol. The highest BCUT2D eigenvalue weighted by atomic mass is 35.5. The molecule has 4 N–H and O–H groups in total. The summed E-state index contributed by atoms with van der Waals surface area (Å²) in [5.41, 5.74) is 10.0. The first-order valence-electron chi connectivity index (χ1n) is 10.7. The van der Waals surface area contributed by atoms with Gasteiger partial charge in [-0.25, -0.2) is 14.4 Å². The lowest BCUT2D eigenvalue weighted by molar-refractivity contribution is 0.413. The summed E-state index contributed by atoms with van der Waals surface area (Å²) >= 11 is 6.39. The van der Waals surface area contributed by atoms with Gasteiger partial charge in [0.2, 0.25) is 5.95 Å². The second-order valence-electron chi connectivity index (χ2n) is 8.22. The average Bonchev–Trinajstić information content (AvgIpc) is 3.24. The summed E-state index contributed by atoms with van der Waals surface area (Å²) in [6.45, 7) is 1.69. The van der Waals surface area contributed by atoms with Crippen LogP contribution in [-0.4, -0.2) is 61.2 Å². The molecule has 4 aromatic rings. The second kappa shape index (κ2) is 9.74. The average molecular weight is 484 g/mol. The van der Waals surface area contributed by atoms with Crippen LogP contribution in [0.4, 0.5) is 27.4 Å². The molecule has 0 amide bonds. The van der Waals surface area contributed by atoms with Crippen LogP contribution in [0.15, 0.2) is 42.7 Å². The Hall–Kier alpha value is -3.56. The maximum Gasteiger partial charge on any atom is 0.227 e. The van der Waals surface area contributed by atoms with E-state index in [1.165, 1.54) is 12.3 Å². The zero-order valence-corrected chi connectivity index (χ0v) is 20.2. The summed E-state index contributed by atoms with van der Waals surface area (Å²) in [7, 11) is 7.62.